The van der Waals surface area contributed by atoms with Gasteiger partial charge < -0.3 is 9.64 Å². The van der Waals surface area contributed by atoms with Crippen LogP contribution in [0.5, 0.6) is 0 Å². The molecule has 17 heavy (non-hydrogen) atoms. The summed E-state index contributed by atoms with van der Waals surface area (Å²) in [6.45, 7) is 5.16. The first-order valence-corrected chi connectivity index (χ1v) is 5.99. The Hall–Kier alpha value is -1.20. The number of methoxy groups -OCH3 is 1. The highest BCUT2D eigenvalue weighted by Gasteiger charge is 2.17. The summed E-state index contributed by atoms with van der Waals surface area (Å²) < 4.78 is 5.53. The van der Waals surface area contributed by atoms with Crippen LogP contribution in [-0.2, 0) is 4.74 Å². The Bertz CT molecular complexity index is 396. The standard InChI is InChI=1S/C12H15BrN2O2/c1-3-7-15(8-9-17-2)12(16)10-5-4-6-14-11(10)13/h3-6H,1,7-9H2,2H3. The summed E-state index contributed by atoms with van der Waals surface area (Å²) in [5.41, 5.74) is 0.547. The monoisotopic (exact) mass is 298 g/mol. The quantitative estimate of drug-likeness (QED) is 0.597. The molecule has 1 aromatic rings. The number of pyridine rings is 1. The third kappa shape index (κ3) is 3.94. The van der Waals surface area contributed by atoms with E-state index in [2.05, 4.69) is 27.5 Å². The fraction of sp³-hybridized carbons (Fsp3) is 0.333. The van der Waals surface area contributed by atoms with Crippen LogP contribution in [-0.4, -0.2) is 42.6 Å². The molecule has 0 atom stereocenters. The number of halogens is 1. The van der Waals surface area contributed by atoms with E-state index >= 15 is 0 Å². The number of carbonyl (C=O) groups is 1. The summed E-state index contributed by atoms with van der Waals surface area (Å²) in [6.07, 6.45) is 3.33. The van der Waals surface area contributed by atoms with Crippen molar-refractivity contribution in [1.29, 1.82) is 0 Å². The van der Waals surface area contributed by atoms with Crippen LogP contribution in [0.25, 0.3) is 0 Å². The zero-order valence-electron chi connectivity index (χ0n) is 9.73. The molecule has 0 N–H and O–H groups in total. The number of amides is 1. The topological polar surface area (TPSA) is 42.4 Å². The molecule has 0 radical (unpaired) electrons. The number of aromatic nitrogens is 1. The van der Waals surface area contributed by atoms with Crippen LogP contribution in [0.2, 0.25) is 0 Å². The molecule has 0 saturated carbocycles. The molecule has 0 spiro atoms. The van der Waals surface area contributed by atoms with Crippen molar-refractivity contribution in [3.8, 4) is 0 Å². The van der Waals surface area contributed by atoms with Gasteiger partial charge in [0.15, 0.2) is 0 Å². The second-order valence-electron chi connectivity index (χ2n) is 3.37. The van der Waals surface area contributed by atoms with Crippen LogP contribution in [0.15, 0.2) is 35.6 Å². The number of ether oxygens (including phenoxy) is 1. The van der Waals surface area contributed by atoms with Crippen molar-refractivity contribution < 1.29 is 9.53 Å². The summed E-state index contributed by atoms with van der Waals surface area (Å²) in [4.78, 5) is 17.9. The van der Waals surface area contributed by atoms with E-state index in [-0.39, 0.29) is 5.91 Å². The van der Waals surface area contributed by atoms with E-state index in [9.17, 15) is 4.79 Å². The Balaban J connectivity index is 2.83. The molecule has 0 saturated heterocycles. The molecular weight excluding hydrogens is 284 g/mol. The van der Waals surface area contributed by atoms with Gasteiger partial charge in [0.1, 0.15) is 4.60 Å². The van der Waals surface area contributed by atoms with Gasteiger partial charge in [-0.25, -0.2) is 4.98 Å². The van der Waals surface area contributed by atoms with Crippen LogP contribution in [0.4, 0.5) is 0 Å². The molecule has 0 fully saturated rings. The summed E-state index contributed by atoms with van der Waals surface area (Å²) in [5, 5.41) is 0. The van der Waals surface area contributed by atoms with Gasteiger partial charge in [0.05, 0.1) is 12.2 Å². The van der Waals surface area contributed by atoms with Crippen LogP contribution >= 0.6 is 15.9 Å². The van der Waals surface area contributed by atoms with E-state index in [1.165, 1.54) is 0 Å². The highest BCUT2D eigenvalue weighted by Crippen LogP contribution is 2.15. The van der Waals surface area contributed by atoms with Crippen molar-refractivity contribution in [3.63, 3.8) is 0 Å². The van der Waals surface area contributed by atoms with Gasteiger partial charge in [-0.15, -0.1) is 6.58 Å². The third-order valence-electron chi connectivity index (χ3n) is 2.19. The molecule has 0 unspecified atom stereocenters. The van der Waals surface area contributed by atoms with Gasteiger partial charge in [-0.3, -0.25) is 4.79 Å². The first-order valence-electron chi connectivity index (χ1n) is 5.20. The van der Waals surface area contributed by atoms with Gasteiger partial charge >= 0.3 is 0 Å². The SMILES string of the molecule is C=CCN(CCOC)C(=O)c1cccnc1Br. The lowest BCUT2D eigenvalue weighted by atomic mass is 10.2. The average molecular weight is 299 g/mol. The molecule has 1 amide bonds. The van der Waals surface area contributed by atoms with Gasteiger partial charge in [0.2, 0.25) is 0 Å². The molecule has 4 nitrogen and oxygen atoms in total. The number of rotatable bonds is 6. The number of nitrogens with zero attached hydrogens (tertiary/aromatic N) is 2. The molecule has 1 rings (SSSR count). The lowest BCUT2D eigenvalue weighted by Gasteiger charge is -2.21. The third-order valence-corrected chi connectivity index (χ3v) is 2.82. The molecule has 1 aromatic heterocycles. The second-order valence-corrected chi connectivity index (χ2v) is 4.13. The lowest BCUT2D eigenvalue weighted by molar-refractivity contribution is 0.0717. The maximum Gasteiger partial charge on any atom is 0.256 e. The Morgan fingerprint density at radius 2 is 2.47 bits per heavy atom. The average Bonchev–Trinajstić information content (AvgIpc) is 2.34. The van der Waals surface area contributed by atoms with Crippen molar-refractivity contribution in [1.82, 2.24) is 9.88 Å². The fourth-order valence-electron chi connectivity index (χ4n) is 1.35. The minimum Gasteiger partial charge on any atom is -0.383 e. The molecule has 0 aliphatic heterocycles. The van der Waals surface area contributed by atoms with E-state index in [1.54, 1.807) is 36.4 Å². The Labute approximate surface area is 109 Å². The predicted octanol–water partition coefficient (Wildman–Crippen LogP) is 2.12. The van der Waals surface area contributed by atoms with Gasteiger partial charge in [0.25, 0.3) is 5.91 Å². The zero-order valence-corrected chi connectivity index (χ0v) is 11.3. The van der Waals surface area contributed by atoms with Gasteiger partial charge in [-0.05, 0) is 28.1 Å². The summed E-state index contributed by atoms with van der Waals surface area (Å²) in [6, 6.07) is 3.47. The van der Waals surface area contributed by atoms with Gasteiger partial charge in [-0.1, -0.05) is 6.08 Å². The van der Waals surface area contributed by atoms with Crippen molar-refractivity contribution in [2.75, 3.05) is 26.8 Å². The van der Waals surface area contributed by atoms with Gasteiger partial charge in [0, 0.05) is 26.4 Å². The first-order chi connectivity index (χ1) is 8.20. The Kier molecular flexibility index (Phi) is 5.86. The second kappa shape index (κ2) is 7.19. The molecule has 0 aliphatic rings. The number of hydrogen-bond acceptors (Lipinski definition) is 3. The number of carbonyl (C=O) groups excluding carboxylic acids is 1. The first kappa shape index (κ1) is 13.9. The maximum absolute atomic E-state index is 12.2. The normalized spacial score (nSPS) is 10.0. The van der Waals surface area contributed by atoms with E-state index in [4.69, 9.17) is 4.74 Å². The van der Waals surface area contributed by atoms with Crippen molar-refractivity contribution >= 4 is 21.8 Å². The summed E-state index contributed by atoms with van der Waals surface area (Å²) in [5.74, 6) is -0.0816. The van der Waals surface area contributed by atoms with Crippen molar-refractivity contribution in [3.05, 3.63) is 41.2 Å². The van der Waals surface area contributed by atoms with Crippen LogP contribution in [0, 0.1) is 0 Å². The van der Waals surface area contributed by atoms with Gasteiger partial charge in [-0.2, -0.15) is 0 Å². The highest BCUT2D eigenvalue weighted by molar-refractivity contribution is 9.10. The molecule has 5 heteroatoms. The molecule has 1 heterocycles. The predicted molar refractivity (Wildman–Crippen MR) is 69.9 cm³/mol. The van der Waals surface area contributed by atoms with Crippen molar-refractivity contribution in [2.24, 2.45) is 0 Å². The smallest absolute Gasteiger partial charge is 0.256 e. The molecule has 92 valence electrons. The van der Waals surface area contributed by atoms with Crippen molar-refractivity contribution in [2.45, 2.75) is 0 Å². The minimum absolute atomic E-state index is 0.0816. The largest absolute Gasteiger partial charge is 0.383 e. The Morgan fingerprint density at radius 3 is 3.06 bits per heavy atom. The summed E-state index contributed by atoms with van der Waals surface area (Å²) in [7, 11) is 1.61. The summed E-state index contributed by atoms with van der Waals surface area (Å²) >= 11 is 3.27. The fourth-order valence-corrected chi connectivity index (χ4v) is 1.77. The van der Waals surface area contributed by atoms with Crippen LogP contribution < -0.4 is 0 Å². The molecule has 0 aromatic carbocycles. The van der Waals surface area contributed by atoms with Crippen LogP contribution in [0.3, 0.4) is 0 Å². The lowest BCUT2D eigenvalue weighted by Crippen LogP contribution is -2.34. The molecule has 0 bridgehead atoms. The number of hydrogen-bond donors (Lipinski definition) is 0. The maximum atomic E-state index is 12.2. The van der Waals surface area contributed by atoms with E-state index in [1.807, 2.05) is 0 Å². The van der Waals surface area contributed by atoms with Crippen LogP contribution in [0.1, 0.15) is 10.4 Å². The highest BCUT2D eigenvalue weighted by atomic mass is 79.9. The minimum atomic E-state index is -0.0816. The van der Waals surface area contributed by atoms with E-state index in [0.717, 1.165) is 0 Å². The van der Waals surface area contributed by atoms with E-state index < -0.39 is 0 Å². The van der Waals surface area contributed by atoms with E-state index in [0.29, 0.717) is 29.9 Å². The molecular formula is C12H15BrN2O2. The Morgan fingerprint density at radius 1 is 1.71 bits per heavy atom. The zero-order chi connectivity index (χ0) is 12.7. The molecule has 0 aliphatic carbocycles.